The van der Waals surface area contributed by atoms with Crippen LogP contribution in [0.2, 0.25) is 0 Å². The molecule has 0 saturated carbocycles. The van der Waals surface area contributed by atoms with E-state index in [4.69, 9.17) is 20.3 Å². The summed E-state index contributed by atoms with van der Waals surface area (Å²) in [6.45, 7) is 4.79. The molecule has 5 amide bonds. The second-order valence-corrected chi connectivity index (χ2v) is 8.59. The number of amides is 5. The molecule has 210 valence electrons. The molecule has 0 aromatic carbocycles. The molecule has 1 aliphatic rings. The molecule has 0 radical (unpaired) electrons. The van der Waals surface area contributed by atoms with E-state index in [-0.39, 0.29) is 13.0 Å². The molecule has 37 heavy (non-hydrogen) atoms. The van der Waals surface area contributed by atoms with Crippen molar-refractivity contribution in [1.29, 1.82) is 0 Å². The molecule has 1 rings (SSSR count). The Bertz CT molecular complexity index is 870. The number of nitrogens with two attached hydrogens (primary N) is 1. The van der Waals surface area contributed by atoms with Crippen molar-refractivity contribution in [3.8, 4) is 0 Å². The van der Waals surface area contributed by atoms with Gasteiger partial charge in [-0.25, -0.2) is 0 Å². The first-order valence-electron chi connectivity index (χ1n) is 11.4. The van der Waals surface area contributed by atoms with Crippen molar-refractivity contribution in [3.63, 3.8) is 0 Å². The molecule has 0 aliphatic carbocycles. The van der Waals surface area contributed by atoms with Crippen LogP contribution in [0, 0.1) is 0 Å². The first-order valence-corrected chi connectivity index (χ1v) is 11.4. The maximum absolute atomic E-state index is 12.7. The Balaban J connectivity index is 2.87. The summed E-state index contributed by atoms with van der Waals surface area (Å²) < 4.78 is 10.9. The molecule has 9 N–H and O–H groups in total. The normalized spacial score (nSPS) is 25.6. The van der Waals surface area contributed by atoms with Gasteiger partial charge in [-0.3, -0.25) is 28.8 Å². The SMILES string of the molecule is CC(=O)NCC1OC(O)C(NC(C)=O)C(O[C@H](C)C(=O)N[C@@H](C)C(=O)NC(CCC(=O)O)C(N)=O)C1O. The number of ether oxygens (including phenoxy) is 2. The van der Waals surface area contributed by atoms with Crippen LogP contribution in [0.15, 0.2) is 0 Å². The Labute approximate surface area is 212 Å². The first-order chi connectivity index (χ1) is 17.1. The number of rotatable bonds is 13. The van der Waals surface area contributed by atoms with Gasteiger partial charge in [-0.05, 0) is 20.3 Å². The minimum atomic E-state index is -1.65. The van der Waals surface area contributed by atoms with Crippen molar-refractivity contribution < 1.29 is 53.6 Å². The molecule has 8 atom stereocenters. The topological polar surface area (TPSA) is 256 Å². The lowest BCUT2D eigenvalue weighted by Gasteiger charge is -2.43. The minimum absolute atomic E-state index is 0.194. The van der Waals surface area contributed by atoms with E-state index in [1.54, 1.807) is 0 Å². The number of hydrogen-bond donors (Lipinski definition) is 8. The lowest BCUT2D eigenvalue weighted by molar-refractivity contribution is -0.259. The third-order valence-electron chi connectivity index (χ3n) is 5.40. The lowest BCUT2D eigenvalue weighted by Crippen LogP contribution is -2.66. The van der Waals surface area contributed by atoms with Crippen LogP contribution < -0.4 is 27.0 Å². The van der Waals surface area contributed by atoms with Crippen molar-refractivity contribution in [2.75, 3.05) is 6.54 Å². The average Bonchev–Trinajstić information content (AvgIpc) is 2.78. The second-order valence-electron chi connectivity index (χ2n) is 8.59. The van der Waals surface area contributed by atoms with Crippen LogP contribution in [0.3, 0.4) is 0 Å². The predicted octanol–water partition coefficient (Wildman–Crippen LogP) is -4.18. The molecular weight excluding hydrogens is 498 g/mol. The van der Waals surface area contributed by atoms with Gasteiger partial charge in [-0.15, -0.1) is 0 Å². The van der Waals surface area contributed by atoms with Crippen molar-refractivity contribution in [1.82, 2.24) is 21.3 Å². The molecule has 0 spiro atoms. The number of aliphatic carboxylic acids is 1. The number of hydrogen-bond acceptors (Lipinski definition) is 10. The summed E-state index contributed by atoms with van der Waals surface area (Å²) in [5.74, 6) is -4.78. The summed E-state index contributed by atoms with van der Waals surface area (Å²) in [5, 5.41) is 39.3. The third-order valence-corrected chi connectivity index (χ3v) is 5.40. The fourth-order valence-corrected chi connectivity index (χ4v) is 3.44. The minimum Gasteiger partial charge on any atom is -0.481 e. The number of aliphatic hydroxyl groups is 2. The smallest absolute Gasteiger partial charge is 0.303 e. The Hall–Kier alpha value is -3.34. The van der Waals surface area contributed by atoms with Crippen molar-refractivity contribution in [2.45, 2.75) is 89.4 Å². The molecule has 0 aromatic rings. The van der Waals surface area contributed by atoms with Crippen LogP contribution in [0.1, 0.15) is 40.5 Å². The van der Waals surface area contributed by atoms with Crippen LogP contribution in [0.4, 0.5) is 0 Å². The Kier molecular flexibility index (Phi) is 12.3. The summed E-state index contributed by atoms with van der Waals surface area (Å²) >= 11 is 0. The van der Waals surface area contributed by atoms with Gasteiger partial charge in [-0.2, -0.15) is 0 Å². The summed E-state index contributed by atoms with van der Waals surface area (Å²) in [6, 6.07) is -3.74. The molecule has 0 aromatic heterocycles. The van der Waals surface area contributed by atoms with E-state index in [0.29, 0.717) is 0 Å². The fraction of sp³-hybridized carbons (Fsp3) is 0.714. The number of carboxylic acids is 1. The summed E-state index contributed by atoms with van der Waals surface area (Å²) in [5.41, 5.74) is 5.18. The van der Waals surface area contributed by atoms with Crippen molar-refractivity contribution >= 4 is 35.5 Å². The van der Waals surface area contributed by atoms with Crippen LogP contribution in [-0.2, 0) is 38.2 Å². The molecule has 1 fully saturated rings. The highest BCUT2D eigenvalue weighted by molar-refractivity contribution is 5.92. The van der Waals surface area contributed by atoms with Gasteiger partial charge in [-0.1, -0.05) is 0 Å². The van der Waals surface area contributed by atoms with Crippen molar-refractivity contribution in [2.24, 2.45) is 5.73 Å². The second kappa shape index (κ2) is 14.4. The lowest BCUT2D eigenvalue weighted by atomic mass is 9.96. The summed E-state index contributed by atoms with van der Waals surface area (Å²) in [4.78, 5) is 70.1. The standard InChI is InChI=1S/C21H35N5O11/c1-8(19(33)26-12(18(22)32)5-6-14(29)30)24-20(34)9(2)36-17-15(25-11(4)28)21(35)37-13(16(17)31)7-23-10(3)27/h8-9,12-13,15-17,21,31,35H,5-7H2,1-4H3,(H2,22,32)(H,23,27)(H,24,34)(H,25,28)(H,26,33)(H,29,30)/t8-,9+,12?,13?,15?,16?,17?,21?/m0/s1. The molecule has 1 aliphatic heterocycles. The van der Waals surface area contributed by atoms with E-state index >= 15 is 0 Å². The highest BCUT2D eigenvalue weighted by atomic mass is 16.6. The Morgan fingerprint density at radius 3 is 2.14 bits per heavy atom. The number of nitrogens with one attached hydrogen (secondary N) is 4. The number of aliphatic hydroxyl groups excluding tert-OH is 2. The number of carboxylic acid groups (broad SMARTS) is 1. The number of carbonyl (C=O) groups is 6. The van der Waals surface area contributed by atoms with E-state index in [2.05, 4.69) is 21.3 Å². The average molecular weight is 534 g/mol. The summed E-state index contributed by atoms with van der Waals surface area (Å²) in [6.07, 6.45) is -7.61. The van der Waals surface area contributed by atoms with E-state index in [1.807, 2.05) is 0 Å². The van der Waals surface area contributed by atoms with Gasteiger partial charge in [0, 0.05) is 26.8 Å². The van der Waals surface area contributed by atoms with Gasteiger partial charge in [0.05, 0.1) is 0 Å². The van der Waals surface area contributed by atoms with Crippen LogP contribution >= 0.6 is 0 Å². The quantitative estimate of drug-likeness (QED) is 0.113. The third kappa shape index (κ3) is 10.3. The fourth-order valence-electron chi connectivity index (χ4n) is 3.44. The highest BCUT2D eigenvalue weighted by Crippen LogP contribution is 2.24. The first kappa shape index (κ1) is 31.7. The van der Waals surface area contributed by atoms with Crippen LogP contribution in [-0.4, -0.2) is 106 Å². The maximum atomic E-state index is 12.7. The Morgan fingerprint density at radius 1 is 1.00 bits per heavy atom. The van der Waals surface area contributed by atoms with E-state index in [9.17, 15) is 39.0 Å². The van der Waals surface area contributed by atoms with Crippen LogP contribution in [0.25, 0.3) is 0 Å². The Morgan fingerprint density at radius 2 is 1.62 bits per heavy atom. The molecule has 16 heteroatoms. The maximum Gasteiger partial charge on any atom is 0.303 e. The zero-order chi connectivity index (χ0) is 28.4. The van der Waals surface area contributed by atoms with Gasteiger partial charge < -0.3 is 51.8 Å². The number of primary amides is 1. The predicted molar refractivity (Wildman–Crippen MR) is 123 cm³/mol. The largest absolute Gasteiger partial charge is 0.481 e. The molecular formula is C21H35N5O11. The monoisotopic (exact) mass is 533 g/mol. The zero-order valence-corrected chi connectivity index (χ0v) is 20.9. The van der Waals surface area contributed by atoms with Gasteiger partial charge in [0.15, 0.2) is 6.29 Å². The molecule has 0 bridgehead atoms. The van der Waals surface area contributed by atoms with Gasteiger partial charge in [0.1, 0.15) is 42.5 Å². The van der Waals surface area contributed by atoms with Gasteiger partial charge in [0.25, 0.3) is 0 Å². The van der Waals surface area contributed by atoms with E-state index in [0.717, 1.165) is 6.92 Å². The highest BCUT2D eigenvalue weighted by Gasteiger charge is 2.47. The summed E-state index contributed by atoms with van der Waals surface area (Å²) in [7, 11) is 0. The molecule has 1 heterocycles. The van der Waals surface area contributed by atoms with Crippen LogP contribution in [0.5, 0.6) is 0 Å². The van der Waals surface area contributed by atoms with E-state index < -0.39 is 90.8 Å². The van der Waals surface area contributed by atoms with E-state index in [1.165, 1.54) is 20.8 Å². The zero-order valence-electron chi connectivity index (χ0n) is 20.9. The number of carbonyl (C=O) groups excluding carboxylic acids is 5. The van der Waals surface area contributed by atoms with Gasteiger partial charge in [0.2, 0.25) is 29.5 Å². The molecule has 16 nitrogen and oxygen atoms in total. The van der Waals surface area contributed by atoms with Gasteiger partial charge >= 0.3 is 5.97 Å². The molecule has 6 unspecified atom stereocenters. The van der Waals surface area contributed by atoms with Crippen molar-refractivity contribution in [3.05, 3.63) is 0 Å². The molecule has 1 saturated heterocycles.